The van der Waals surface area contributed by atoms with Crippen LogP contribution in [0.25, 0.3) is 0 Å². The van der Waals surface area contributed by atoms with Gasteiger partial charge in [-0.2, -0.15) is 65.9 Å². The maximum atomic E-state index is 14.8. The Morgan fingerprint density at radius 2 is 0.902 bits per heavy atom. The van der Waals surface area contributed by atoms with Crippen molar-refractivity contribution in [2.45, 2.75) is 314 Å². The SMILES string of the molecule is C=C(C)C(=O)OC(C)(C)C1OCC(F)(F)C(OCOCCCCCCCCCCCCCCCCCCCC)(C(F)(F)F)O1.C=C(C)C(=O)OCC1(C)OCC(F)(F)C(OC(C)OCCOC(=O)C23CC4CC(CC(C4)C2)C3)(C(F)(F)F)O1.C=C(C)C(=O)OCC1OCC(F)(F)C(OC(C)OCCOC(C)=O)(C(F)(F)F)O1. The minimum Gasteiger partial charge on any atom is -0.463 e. The van der Waals surface area contributed by atoms with Crippen LogP contribution in [0, 0.1) is 23.2 Å². The Balaban J connectivity index is 0.000000362. The molecule has 0 aromatic rings. The summed E-state index contributed by atoms with van der Waals surface area (Å²) in [4.78, 5) is 58.5. The molecule has 4 aliphatic carbocycles. The second-order valence-electron chi connectivity index (χ2n) is 30.1. The zero-order valence-corrected chi connectivity index (χ0v) is 65.6. The Morgan fingerprint density at radius 1 is 0.491 bits per heavy atom. The highest BCUT2D eigenvalue weighted by Gasteiger charge is 2.80. The third-order valence-electron chi connectivity index (χ3n) is 19.2. The molecule has 0 amide bonds. The Labute approximate surface area is 644 Å². The fourth-order valence-corrected chi connectivity index (χ4v) is 13.8. The van der Waals surface area contributed by atoms with Crippen molar-refractivity contribution < 1.29 is 170 Å². The number of rotatable bonds is 44. The van der Waals surface area contributed by atoms with Gasteiger partial charge in [-0.05, 0) is 118 Å². The van der Waals surface area contributed by atoms with Crippen LogP contribution in [0.3, 0.4) is 0 Å². The molecule has 22 nitrogen and oxygen atoms in total. The summed E-state index contributed by atoms with van der Waals surface area (Å²) < 4.78 is 294. The molecule has 112 heavy (non-hydrogen) atoms. The quantitative estimate of drug-likeness (QED) is 0.0137. The molecule has 0 spiro atoms. The van der Waals surface area contributed by atoms with Gasteiger partial charge in [-0.25, -0.2) is 14.4 Å². The second-order valence-corrected chi connectivity index (χ2v) is 30.1. The molecule has 0 N–H and O–H groups in total. The average molecular weight is 1650 g/mol. The van der Waals surface area contributed by atoms with Crippen molar-refractivity contribution in [2.24, 2.45) is 23.2 Å². The first-order chi connectivity index (χ1) is 51.9. The molecule has 650 valence electrons. The van der Waals surface area contributed by atoms with Crippen molar-refractivity contribution >= 4 is 29.8 Å². The van der Waals surface area contributed by atoms with Gasteiger partial charge < -0.3 is 80.5 Å². The van der Waals surface area contributed by atoms with E-state index < -0.39 is 166 Å². The van der Waals surface area contributed by atoms with Gasteiger partial charge in [-0.15, -0.1) is 0 Å². The van der Waals surface area contributed by atoms with E-state index >= 15 is 0 Å². The maximum Gasteiger partial charge on any atom is 0.450 e. The number of halogens is 15. The van der Waals surface area contributed by atoms with Crippen molar-refractivity contribution in [1.82, 2.24) is 0 Å². The highest BCUT2D eigenvalue weighted by Crippen LogP contribution is 2.61. The lowest BCUT2D eigenvalue weighted by Crippen LogP contribution is -2.72. The van der Waals surface area contributed by atoms with E-state index in [9.17, 15) is 89.8 Å². The first-order valence-corrected chi connectivity index (χ1v) is 37.8. The molecule has 3 saturated heterocycles. The van der Waals surface area contributed by atoms with Crippen molar-refractivity contribution in [3.63, 3.8) is 0 Å². The summed E-state index contributed by atoms with van der Waals surface area (Å²) in [7, 11) is 0. The van der Waals surface area contributed by atoms with Gasteiger partial charge in [0.2, 0.25) is 12.1 Å². The van der Waals surface area contributed by atoms with Crippen molar-refractivity contribution in [3.8, 4) is 0 Å². The van der Waals surface area contributed by atoms with Crippen molar-refractivity contribution in [2.75, 3.05) is 72.9 Å². The molecular formula is C75H113F15O22. The molecule has 37 heteroatoms. The van der Waals surface area contributed by atoms with E-state index in [1.807, 2.05) is 0 Å². The van der Waals surface area contributed by atoms with Crippen LogP contribution >= 0.6 is 0 Å². The van der Waals surface area contributed by atoms with Crippen LogP contribution in [-0.2, 0) is 104 Å². The van der Waals surface area contributed by atoms with Crippen LogP contribution in [0.2, 0.25) is 0 Å². The zero-order valence-electron chi connectivity index (χ0n) is 65.6. The van der Waals surface area contributed by atoms with Crippen LogP contribution in [0.4, 0.5) is 65.9 Å². The maximum absolute atomic E-state index is 14.8. The summed E-state index contributed by atoms with van der Waals surface area (Å²) >= 11 is 0. The summed E-state index contributed by atoms with van der Waals surface area (Å²) in [6.07, 6.45) is 2.69. The minimum absolute atomic E-state index is 0.0365. The summed E-state index contributed by atoms with van der Waals surface area (Å²) in [6.45, 7) is 13.0. The number of alkyl halides is 15. The van der Waals surface area contributed by atoms with Crippen molar-refractivity contribution in [1.29, 1.82) is 0 Å². The molecule has 0 aromatic heterocycles. The van der Waals surface area contributed by atoms with E-state index in [1.54, 1.807) is 0 Å². The van der Waals surface area contributed by atoms with Gasteiger partial charge in [0.05, 0.1) is 18.6 Å². The Hall–Kier alpha value is -4.96. The fraction of sp³-hybridized carbons (Fsp3) is 0.853. The number of unbranched alkanes of at least 4 members (excludes halogenated alkanes) is 17. The zero-order chi connectivity index (χ0) is 84.4. The molecule has 4 saturated carbocycles. The monoisotopic (exact) mass is 1650 g/mol. The number of ether oxygens (including phenoxy) is 17. The Kier molecular flexibility index (Phi) is 38.6. The smallest absolute Gasteiger partial charge is 0.450 e. The van der Waals surface area contributed by atoms with Gasteiger partial charge in [0, 0.05) is 30.2 Å². The number of hydrogen-bond acceptors (Lipinski definition) is 22. The molecule has 7 aliphatic rings. The fourth-order valence-electron chi connectivity index (χ4n) is 13.8. The molecule has 0 aromatic carbocycles. The first-order valence-electron chi connectivity index (χ1n) is 37.8. The van der Waals surface area contributed by atoms with Crippen LogP contribution < -0.4 is 0 Å². The molecular weight excluding hydrogens is 1540 g/mol. The van der Waals surface area contributed by atoms with E-state index in [1.165, 1.54) is 118 Å². The molecule has 7 rings (SSSR count). The second kappa shape index (κ2) is 43.5. The van der Waals surface area contributed by atoms with Crippen LogP contribution in [0.15, 0.2) is 36.5 Å². The summed E-state index contributed by atoms with van der Waals surface area (Å²) in [5.41, 5.74) is -2.55. The molecule has 7 fully saturated rings. The molecule has 4 bridgehead atoms. The number of carbonyl (C=O) groups is 5. The topological polar surface area (TPSA) is 242 Å². The molecule has 3 heterocycles. The van der Waals surface area contributed by atoms with Gasteiger partial charge in [0.1, 0.15) is 46.2 Å². The molecule has 8 unspecified atom stereocenters. The molecule has 8 atom stereocenters. The Bertz CT molecular complexity index is 2950. The van der Waals surface area contributed by atoms with Crippen molar-refractivity contribution in [3.05, 3.63) is 36.5 Å². The predicted octanol–water partition coefficient (Wildman–Crippen LogP) is 17.4. The average Bonchev–Trinajstić information content (AvgIpc) is 0.746. The van der Waals surface area contributed by atoms with Gasteiger partial charge >= 0.3 is 83.5 Å². The largest absolute Gasteiger partial charge is 0.463 e. The van der Waals surface area contributed by atoms with Crippen LogP contribution in [0.5, 0.6) is 0 Å². The standard InChI is InChI=1S/C33H57F5O6.C26H35F5O8.C16H21F5O8/c1-6-7-8-9-10-11-12-13-14-15-16-17-18-19-20-21-22-23-24-40-26-42-32(33(36,37)38)31(34,35)25-41-29(44-32)30(4,5)43-28(39)27(2)3;1-15(2)20(32)36-13-22(4)37-14-24(27,28)25(39-22,26(29,30)31)38-16(3)34-5-6-35-21(33)23-10-17-7-18(11-23)9-19(8-17)12-23;1-9(2)13(23)26-7-12-27-8-14(17,18)15(29-12,16(19,20)21)28-11(4)25-6-5-24-10(3)22/h29H,2,6-26H2,1,3-5H3;16-19H,1,5-14H2,2-4H3;11-12H,1,5-8H2,2-4H3. The number of carbonyl (C=O) groups excluding carboxylic acids is 5. The number of esters is 5. The van der Waals surface area contributed by atoms with Gasteiger partial charge in [-0.3, -0.25) is 9.59 Å². The molecule has 3 aliphatic heterocycles. The molecule has 0 radical (unpaired) electrons. The van der Waals surface area contributed by atoms with Gasteiger partial charge in [0.25, 0.3) is 0 Å². The Morgan fingerprint density at radius 3 is 1.35 bits per heavy atom. The van der Waals surface area contributed by atoms with E-state index in [2.05, 4.69) is 55.1 Å². The highest BCUT2D eigenvalue weighted by molar-refractivity contribution is 5.88. The van der Waals surface area contributed by atoms with Gasteiger partial charge in [-0.1, -0.05) is 136 Å². The predicted molar refractivity (Wildman–Crippen MR) is 367 cm³/mol. The van der Waals surface area contributed by atoms with E-state index in [0.717, 1.165) is 91.9 Å². The lowest BCUT2D eigenvalue weighted by Gasteiger charge is -2.55. The van der Waals surface area contributed by atoms with E-state index in [-0.39, 0.29) is 49.1 Å². The van der Waals surface area contributed by atoms with E-state index in [0.29, 0.717) is 24.2 Å². The minimum atomic E-state index is -5.75. The highest BCUT2D eigenvalue weighted by atomic mass is 19.4. The summed E-state index contributed by atoms with van der Waals surface area (Å²) in [5, 5.41) is 0. The summed E-state index contributed by atoms with van der Waals surface area (Å²) in [6, 6.07) is 0. The van der Waals surface area contributed by atoms with E-state index in [4.69, 9.17) is 52.1 Å². The lowest BCUT2D eigenvalue weighted by molar-refractivity contribution is -0.535. The third kappa shape index (κ3) is 28.7. The first kappa shape index (κ1) is 99.4. The van der Waals surface area contributed by atoms with Crippen LogP contribution in [-0.4, -0.2) is 193 Å². The lowest BCUT2D eigenvalue weighted by atomic mass is 9.49. The van der Waals surface area contributed by atoms with Gasteiger partial charge in [0.15, 0.2) is 31.3 Å². The normalized spacial score (nSPS) is 27.7. The third-order valence-corrected chi connectivity index (χ3v) is 19.2. The summed E-state index contributed by atoms with van der Waals surface area (Å²) in [5.74, 6) is -32.0. The van der Waals surface area contributed by atoms with Crippen LogP contribution in [0.1, 0.15) is 223 Å². The number of hydrogen-bond donors (Lipinski definition) is 0.